The zero-order chi connectivity index (χ0) is 19.9. The Morgan fingerprint density at radius 1 is 0.857 bits per heavy atom. The highest BCUT2D eigenvalue weighted by molar-refractivity contribution is 7.91. The van der Waals surface area contributed by atoms with Crippen molar-refractivity contribution >= 4 is 43.9 Å². The number of benzene rings is 3. The number of halogens is 3. The lowest BCUT2D eigenvalue weighted by Gasteiger charge is -2.14. The molecule has 3 aromatic carbocycles. The molecule has 0 aliphatic heterocycles. The van der Waals surface area contributed by atoms with Gasteiger partial charge in [-0.15, -0.1) is 0 Å². The quantitative estimate of drug-likeness (QED) is 0.388. The molecule has 0 aliphatic carbocycles. The summed E-state index contributed by atoms with van der Waals surface area (Å²) in [5.74, 6) is -0.487. The molecule has 28 heavy (non-hydrogen) atoms. The number of pyridine rings is 1. The normalized spacial score (nSPS) is 11.7. The zero-order valence-corrected chi connectivity index (χ0v) is 16.6. The molecule has 0 radical (unpaired) electrons. The number of fused-ring (bicyclic) bond motifs is 1. The molecule has 0 atom stereocenters. The van der Waals surface area contributed by atoms with Gasteiger partial charge in [-0.2, -0.15) is 0 Å². The first-order valence-electron chi connectivity index (χ1n) is 8.21. The van der Waals surface area contributed by atoms with Crippen molar-refractivity contribution in [3.05, 3.63) is 88.8 Å². The summed E-state index contributed by atoms with van der Waals surface area (Å²) in [5, 5.41) is 1.25. The van der Waals surface area contributed by atoms with Crippen LogP contribution in [-0.2, 0) is 9.84 Å². The summed E-state index contributed by atoms with van der Waals surface area (Å²) in [6, 6.07) is 16.7. The molecule has 7 heteroatoms. The third-order valence-electron chi connectivity index (χ3n) is 4.32. The first-order valence-corrected chi connectivity index (χ1v) is 10.4. The van der Waals surface area contributed by atoms with Gasteiger partial charge < -0.3 is 0 Å². The van der Waals surface area contributed by atoms with E-state index in [9.17, 15) is 12.8 Å². The van der Waals surface area contributed by atoms with Crippen LogP contribution in [0.4, 0.5) is 4.39 Å². The summed E-state index contributed by atoms with van der Waals surface area (Å²) < 4.78 is 40.7. The predicted molar refractivity (Wildman–Crippen MR) is 109 cm³/mol. The molecule has 4 aromatic rings. The smallest absolute Gasteiger partial charge is 0.208 e. The summed E-state index contributed by atoms with van der Waals surface area (Å²) in [4.78, 5) is 4.27. The Hall–Kier alpha value is -2.47. The number of hydrogen-bond acceptors (Lipinski definition) is 3. The lowest BCUT2D eigenvalue weighted by molar-refractivity contribution is 0.596. The summed E-state index contributed by atoms with van der Waals surface area (Å²) in [7, 11) is -3.94. The summed E-state index contributed by atoms with van der Waals surface area (Å²) in [5.41, 5.74) is 1.38. The van der Waals surface area contributed by atoms with Gasteiger partial charge in [0.1, 0.15) is 5.82 Å². The zero-order valence-electron chi connectivity index (χ0n) is 14.2. The van der Waals surface area contributed by atoms with E-state index < -0.39 is 15.7 Å². The summed E-state index contributed by atoms with van der Waals surface area (Å²) >= 11 is 12.0. The fourth-order valence-corrected chi connectivity index (χ4v) is 4.79. The van der Waals surface area contributed by atoms with E-state index in [1.807, 2.05) is 0 Å². The molecule has 140 valence electrons. The summed E-state index contributed by atoms with van der Waals surface area (Å²) in [6.07, 6.45) is 1.29. The maximum Gasteiger partial charge on any atom is 0.208 e. The van der Waals surface area contributed by atoms with Gasteiger partial charge in [-0.1, -0.05) is 35.3 Å². The van der Waals surface area contributed by atoms with E-state index in [0.717, 1.165) is 0 Å². The Bertz CT molecular complexity index is 1310. The maximum absolute atomic E-state index is 14.0. The fraction of sp³-hybridized carbons (Fsp3) is 0. The highest BCUT2D eigenvalue weighted by Crippen LogP contribution is 2.37. The van der Waals surface area contributed by atoms with E-state index in [2.05, 4.69) is 4.98 Å². The van der Waals surface area contributed by atoms with E-state index in [-0.39, 0.29) is 9.79 Å². The van der Waals surface area contributed by atoms with Crippen molar-refractivity contribution in [3.8, 4) is 11.1 Å². The molecular formula is C21H12Cl2FNO2S. The molecule has 1 heterocycles. The van der Waals surface area contributed by atoms with Crippen LogP contribution < -0.4 is 0 Å². The third-order valence-corrected chi connectivity index (χ3v) is 6.59. The van der Waals surface area contributed by atoms with Gasteiger partial charge in [-0.05, 0) is 60.2 Å². The minimum absolute atomic E-state index is 0.0322. The van der Waals surface area contributed by atoms with E-state index >= 15 is 0 Å². The molecule has 0 saturated carbocycles. The first kappa shape index (κ1) is 18.9. The molecule has 4 rings (SSSR count). The Balaban J connectivity index is 2.09. The van der Waals surface area contributed by atoms with Crippen LogP contribution in [0.3, 0.4) is 0 Å². The molecular weight excluding hydrogens is 420 g/mol. The molecule has 3 nitrogen and oxygen atoms in total. The van der Waals surface area contributed by atoms with Crippen molar-refractivity contribution in [2.24, 2.45) is 0 Å². The van der Waals surface area contributed by atoms with Gasteiger partial charge in [0.05, 0.1) is 15.3 Å². The Morgan fingerprint density at radius 2 is 1.61 bits per heavy atom. The highest BCUT2D eigenvalue weighted by atomic mass is 35.5. The van der Waals surface area contributed by atoms with E-state index in [1.54, 1.807) is 24.3 Å². The van der Waals surface area contributed by atoms with Crippen LogP contribution in [0.5, 0.6) is 0 Å². The standard InChI is InChI=1S/C21H12Cl2FNO2S/c22-14-4-7-17(8-5-14)28(26,27)20-12-25-19-9-6-16(24)11-18(19)21(20)13-2-1-3-15(23)10-13/h1-12H. The van der Waals surface area contributed by atoms with Gasteiger partial charge in [0.15, 0.2) is 0 Å². The molecule has 0 N–H and O–H groups in total. The maximum atomic E-state index is 14.0. The van der Waals surface area contributed by atoms with Crippen LogP contribution in [0.25, 0.3) is 22.0 Å². The number of rotatable bonds is 3. The lowest BCUT2D eigenvalue weighted by Crippen LogP contribution is -2.05. The molecule has 1 aromatic heterocycles. The van der Waals surface area contributed by atoms with Gasteiger partial charge >= 0.3 is 0 Å². The number of aromatic nitrogens is 1. The van der Waals surface area contributed by atoms with E-state index in [0.29, 0.717) is 32.1 Å². The minimum atomic E-state index is -3.94. The van der Waals surface area contributed by atoms with Crippen LogP contribution in [0.2, 0.25) is 10.0 Å². The lowest BCUT2D eigenvalue weighted by atomic mass is 10.0. The third kappa shape index (κ3) is 3.37. The van der Waals surface area contributed by atoms with Crippen LogP contribution in [0, 0.1) is 5.82 Å². The van der Waals surface area contributed by atoms with Crippen molar-refractivity contribution in [1.82, 2.24) is 4.98 Å². The second kappa shape index (κ2) is 7.17. The molecule has 0 aliphatic rings. The van der Waals surface area contributed by atoms with E-state index in [4.69, 9.17) is 23.2 Å². The second-order valence-electron chi connectivity index (χ2n) is 6.13. The van der Waals surface area contributed by atoms with Crippen molar-refractivity contribution in [2.45, 2.75) is 9.79 Å². The van der Waals surface area contributed by atoms with Crippen molar-refractivity contribution in [1.29, 1.82) is 0 Å². The predicted octanol–water partition coefficient (Wildman–Crippen LogP) is 6.18. The molecule has 0 amide bonds. The SMILES string of the molecule is O=S(=O)(c1ccc(Cl)cc1)c1cnc2ccc(F)cc2c1-c1cccc(Cl)c1. The largest absolute Gasteiger partial charge is 0.255 e. The average Bonchev–Trinajstić information content (AvgIpc) is 2.67. The molecule has 0 spiro atoms. The van der Waals surface area contributed by atoms with Gasteiger partial charge in [-0.25, -0.2) is 12.8 Å². The second-order valence-corrected chi connectivity index (χ2v) is 8.92. The van der Waals surface area contributed by atoms with Gasteiger partial charge in [0.2, 0.25) is 9.84 Å². The van der Waals surface area contributed by atoms with Crippen molar-refractivity contribution < 1.29 is 12.8 Å². The molecule has 0 saturated heterocycles. The average molecular weight is 432 g/mol. The highest BCUT2D eigenvalue weighted by Gasteiger charge is 2.25. The van der Waals surface area contributed by atoms with Gasteiger partial charge in [0, 0.05) is 27.2 Å². The first-order chi connectivity index (χ1) is 13.4. The van der Waals surface area contributed by atoms with Crippen molar-refractivity contribution in [2.75, 3.05) is 0 Å². The van der Waals surface area contributed by atoms with Crippen LogP contribution in [0.1, 0.15) is 0 Å². The molecule has 0 fully saturated rings. The summed E-state index contributed by atoms with van der Waals surface area (Å²) in [6.45, 7) is 0. The number of sulfone groups is 1. The minimum Gasteiger partial charge on any atom is -0.255 e. The molecule has 0 unspecified atom stereocenters. The topological polar surface area (TPSA) is 47.0 Å². The van der Waals surface area contributed by atoms with Crippen molar-refractivity contribution in [3.63, 3.8) is 0 Å². The van der Waals surface area contributed by atoms with Crippen LogP contribution >= 0.6 is 23.2 Å². The Kier molecular flexibility index (Phi) is 4.83. The molecule has 0 bridgehead atoms. The monoisotopic (exact) mass is 431 g/mol. The fourth-order valence-electron chi connectivity index (χ4n) is 3.03. The Morgan fingerprint density at radius 3 is 2.32 bits per heavy atom. The van der Waals surface area contributed by atoms with Crippen LogP contribution in [-0.4, -0.2) is 13.4 Å². The number of hydrogen-bond donors (Lipinski definition) is 0. The Labute approximate surface area is 171 Å². The van der Waals surface area contributed by atoms with Crippen LogP contribution in [0.15, 0.2) is 82.7 Å². The van der Waals surface area contributed by atoms with Gasteiger partial charge in [0.25, 0.3) is 0 Å². The van der Waals surface area contributed by atoms with Gasteiger partial charge in [-0.3, -0.25) is 4.98 Å². The van der Waals surface area contributed by atoms with E-state index in [1.165, 1.54) is 48.7 Å². The number of nitrogens with zero attached hydrogens (tertiary/aromatic N) is 1.